The van der Waals surface area contributed by atoms with Crippen LogP contribution in [0.1, 0.15) is 41.1 Å². The molecule has 0 fully saturated rings. The van der Waals surface area contributed by atoms with Crippen LogP contribution in [0.2, 0.25) is 0 Å². The van der Waals surface area contributed by atoms with E-state index in [2.05, 4.69) is 46.1 Å². The van der Waals surface area contributed by atoms with E-state index < -0.39 is 0 Å². The molecule has 0 atom stereocenters. The largest absolute Gasteiger partial charge is 0.494 e. The van der Waals surface area contributed by atoms with Gasteiger partial charge in [0.05, 0.1) is 6.61 Å². The molecule has 0 saturated heterocycles. The molecule has 0 unspecified atom stereocenters. The first-order valence-corrected chi connectivity index (χ1v) is 10.3. The number of H-pyrrole nitrogens is 1. The minimum absolute atomic E-state index is 0.0744. The maximum atomic E-state index is 12.3. The van der Waals surface area contributed by atoms with Gasteiger partial charge >= 0.3 is 0 Å². The summed E-state index contributed by atoms with van der Waals surface area (Å²) in [6, 6.07) is 12.2. The van der Waals surface area contributed by atoms with Crippen molar-refractivity contribution in [3.8, 4) is 5.75 Å². The highest BCUT2D eigenvalue weighted by atomic mass is 16.5. The quantitative estimate of drug-likeness (QED) is 0.522. The Balaban J connectivity index is 1.41. The van der Waals surface area contributed by atoms with E-state index in [0.29, 0.717) is 18.6 Å². The topological polar surface area (TPSA) is 71.1 Å². The van der Waals surface area contributed by atoms with Gasteiger partial charge in [-0.05, 0) is 63.2 Å². The van der Waals surface area contributed by atoms with Crippen LogP contribution < -0.4 is 10.3 Å². The van der Waals surface area contributed by atoms with E-state index in [1.807, 2.05) is 31.2 Å². The zero-order chi connectivity index (χ0) is 21.3. The number of ether oxygens (including phenoxy) is 1. The highest BCUT2D eigenvalue weighted by Crippen LogP contribution is 2.14. The molecule has 0 saturated carbocycles. The molecule has 3 rings (SSSR count). The third kappa shape index (κ3) is 6.81. The number of hydrogen-bond acceptors (Lipinski definition) is 5. The van der Waals surface area contributed by atoms with Gasteiger partial charge in [0.25, 0.3) is 5.56 Å². The second kappa shape index (κ2) is 10.7. The fraction of sp³-hybridized carbons (Fsp3) is 0.375. The molecule has 158 valence electrons. The molecule has 1 N–H and O–H groups in total. The van der Waals surface area contributed by atoms with Crippen molar-refractivity contribution in [1.29, 1.82) is 0 Å². The molecule has 0 spiro atoms. The highest BCUT2D eigenvalue weighted by Gasteiger charge is 2.05. The number of aromatic amines is 1. The maximum absolute atomic E-state index is 12.3. The summed E-state index contributed by atoms with van der Waals surface area (Å²) in [5.41, 5.74) is 3.82. The molecule has 2 aromatic heterocycles. The number of unbranched alkanes of at least 4 members (excludes halogenated alkanes) is 1. The van der Waals surface area contributed by atoms with Crippen molar-refractivity contribution in [2.45, 2.75) is 39.2 Å². The van der Waals surface area contributed by atoms with E-state index >= 15 is 0 Å². The lowest BCUT2D eigenvalue weighted by Crippen LogP contribution is -2.16. The Bertz CT molecular complexity index is 979. The number of nitrogens with zero attached hydrogens (tertiary/aromatic N) is 3. The van der Waals surface area contributed by atoms with E-state index in [1.54, 1.807) is 12.4 Å². The Morgan fingerprint density at radius 2 is 1.73 bits per heavy atom. The second-order valence-corrected chi connectivity index (χ2v) is 7.86. The van der Waals surface area contributed by atoms with Crippen molar-refractivity contribution < 1.29 is 4.74 Å². The fourth-order valence-electron chi connectivity index (χ4n) is 3.17. The van der Waals surface area contributed by atoms with Crippen LogP contribution in [0.15, 0.2) is 53.6 Å². The van der Waals surface area contributed by atoms with Gasteiger partial charge in [-0.2, -0.15) is 0 Å². The average molecular weight is 407 g/mol. The first-order chi connectivity index (χ1) is 14.5. The van der Waals surface area contributed by atoms with Crippen molar-refractivity contribution in [3.05, 3.63) is 87.4 Å². The average Bonchev–Trinajstić information content (AvgIpc) is 2.72. The zero-order valence-electron chi connectivity index (χ0n) is 18.0. The molecule has 6 nitrogen and oxygen atoms in total. The standard InChI is InChI=1S/C24H30N4O2/c1-18-7-8-20(15-25-18)14-21-16-26-23(27-24(21)29)6-4-5-13-30-22-11-9-19(10-12-22)17-28(2)3/h7-12,15-16H,4-6,13-14,17H2,1-3H3,(H,26,27,29). The number of rotatable bonds is 10. The van der Waals surface area contributed by atoms with Crippen LogP contribution in [0, 0.1) is 6.92 Å². The van der Waals surface area contributed by atoms with Crippen molar-refractivity contribution in [3.63, 3.8) is 0 Å². The van der Waals surface area contributed by atoms with E-state index in [4.69, 9.17) is 4.74 Å². The third-order valence-corrected chi connectivity index (χ3v) is 4.79. The summed E-state index contributed by atoms with van der Waals surface area (Å²) in [4.78, 5) is 26.1. The van der Waals surface area contributed by atoms with Gasteiger partial charge in [0, 0.05) is 43.0 Å². The lowest BCUT2D eigenvalue weighted by molar-refractivity contribution is 0.306. The molecule has 0 aliphatic rings. The molecule has 0 amide bonds. The van der Waals surface area contributed by atoms with E-state index in [0.717, 1.165) is 48.6 Å². The summed E-state index contributed by atoms with van der Waals surface area (Å²) in [6.45, 7) is 3.52. The number of hydrogen-bond donors (Lipinski definition) is 1. The van der Waals surface area contributed by atoms with Gasteiger partial charge in [0.15, 0.2) is 0 Å². The molecule has 3 aromatic rings. The van der Waals surface area contributed by atoms with Crippen LogP contribution in [0.5, 0.6) is 5.75 Å². The summed E-state index contributed by atoms with van der Waals surface area (Å²) in [7, 11) is 4.11. The van der Waals surface area contributed by atoms with Crippen LogP contribution in [-0.4, -0.2) is 40.6 Å². The van der Waals surface area contributed by atoms with Crippen molar-refractivity contribution in [2.24, 2.45) is 0 Å². The van der Waals surface area contributed by atoms with Gasteiger partial charge < -0.3 is 14.6 Å². The molecule has 6 heteroatoms. The number of aryl methyl sites for hydroxylation is 2. The number of pyridine rings is 1. The lowest BCUT2D eigenvalue weighted by Gasteiger charge is -2.11. The Hall–Kier alpha value is -2.99. The van der Waals surface area contributed by atoms with Crippen molar-refractivity contribution >= 4 is 0 Å². The van der Waals surface area contributed by atoms with E-state index in [9.17, 15) is 4.79 Å². The SMILES string of the molecule is Cc1ccc(Cc2cnc(CCCCOc3ccc(CN(C)C)cc3)[nH]c2=O)cn1. The second-order valence-electron chi connectivity index (χ2n) is 7.86. The van der Waals surface area contributed by atoms with Crippen LogP contribution in [0.25, 0.3) is 0 Å². The number of aromatic nitrogens is 3. The third-order valence-electron chi connectivity index (χ3n) is 4.79. The molecule has 0 aliphatic carbocycles. The minimum atomic E-state index is -0.0744. The van der Waals surface area contributed by atoms with E-state index in [-0.39, 0.29) is 5.56 Å². The fourth-order valence-corrected chi connectivity index (χ4v) is 3.17. The Morgan fingerprint density at radius 1 is 0.967 bits per heavy atom. The lowest BCUT2D eigenvalue weighted by atomic mass is 10.1. The first-order valence-electron chi connectivity index (χ1n) is 10.3. The molecule has 30 heavy (non-hydrogen) atoms. The zero-order valence-corrected chi connectivity index (χ0v) is 18.0. The van der Waals surface area contributed by atoms with Crippen molar-refractivity contribution in [1.82, 2.24) is 19.9 Å². The van der Waals surface area contributed by atoms with Crippen LogP contribution >= 0.6 is 0 Å². The molecular weight excluding hydrogens is 376 g/mol. The Labute approximate surface area is 178 Å². The molecule has 0 bridgehead atoms. The molecular formula is C24H30N4O2. The van der Waals surface area contributed by atoms with Crippen LogP contribution in [0.4, 0.5) is 0 Å². The predicted molar refractivity (Wildman–Crippen MR) is 119 cm³/mol. The van der Waals surface area contributed by atoms with Gasteiger partial charge in [-0.15, -0.1) is 0 Å². The summed E-state index contributed by atoms with van der Waals surface area (Å²) in [6.07, 6.45) is 6.56. The van der Waals surface area contributed by atoms with Crippen LogP contribution in [0.3, 0.4) is 0 Å². The van der Waals surface area contributed by atoms with Crippen molar-refractivity contribution in [2.75, 3.05) is 20.7 Å². The smallest absolute Gasteiger partial charge is 0.254 e. The van der Waals surface area contributed by atoms with Gasteiger partial charge in [-0.25, -0.2) is 4.98 Å². The minimum Gasteiger partial charge on any atom is -0.494 e. The van der Waals surface area contributed by atoms with Gasteiger partial charge in [0.2, 0.25) is 0 Å². The first kappa shape index (κ1) is 21.7. The van der Waals surface area contributed by atoms with Gasteiger partial charge in [-0.3, -0.25) is 9.78 Å². The van der Waals surface area contributed by atoms with E-state index in [1.165, 1.54) is 5.56 Å². The molecule has 0 radical (unpaired) electrons. The normalized spacial score (nSPS) is 11.1. The van der Waals surface area contributed by atoms with Crippen LogP contribution in [-0.2, 0) is 19.4 Å². The summed E-state index contributed by atoms with van der Waals surface area (Å²) >= 11 is 0. The maximum Gasteiger partial charge on any atom is 0.254 e. The molecule has 0 aliphatic heterocycles. The summed E-state index contributed by atoms with van der Waals surface area (Å²) in [5.74, 6) is 1.61. The molecule has 2 heterocycles. The Kier molecular flexibility index (Phi) is 7.74. The molecule has 1 aromatic carbocycles. The summed E-state index contributed by atoms with van der Waals surface area (Å²) < 4.78 is 5.81. The summed E-state index contributed by atoms with van der Waals surface area (Å²) in [5, 5.41) is 0. The van der Waals surface area contributed by atoms with Gasteiger partial charge in [0.1, 0.15) is 11.6 Å². The Morgan fingerprint density at radius 3 is 2.40 bits per heavy atom. The predicted octanol–water partition coefficient (Wildman–Crippen LogP) is 3.53. The highest BCUT2D eigenvalue weighted by molar-refractivity contribution is 5.27. The number of benzene rings is 1. The number of nitrogens with one attached hydrogen (secondary N) is 1. The van der Waals surface area contributed by atoms with Gasteiger partial charge in [-0.1, -0.05) is 18.2 Å². The monoisotopic (exact) mass is 406 g/mol.